The van der Waals surface area contributed by atoms with E-state index in [0.29, 0.717) is 6.42 Å². The third-order valence-corrected chi connectivity index (χ3v) is 3.48. The fraction of sp³-hybridized carbons (Fsp3) is 0.533. The summed E-state index contributed by atoms with van der Waals surface area (Å²) in [7, 11) is 0. The molecular weight excluding hydrogens is 242 g/mol. The van der Waals surface area contributed by atoms with Crippen molar-refractivity contribution in [2.75, 3.05) is 6.54 Å². The highest BCUT2D eigenvalue weighted by atomic mass is 16.5. The van der Waals surface area contributed by atoms with Crippen LogP contribution in [0.25, 0.3) is 0 Å². The summed E-state index contributed by atoms with van der Waals surface area (Å²) in [6.45, 7) is 6.71. The number of rotatable bonds is 4. The number of hydrogen-bond acceptors (Lipinski definition) is 3. The summed E-state index contributed by atoms with van der Waals surface area (Å²) in [5.41, 5.74) is 0.00354. The maximum Gasteiger partial charge on any atom is 0.305 e. The minimum atomic E-state index is -0.798. The lowest BCUT2D eigenvalue weighted by molar-refractivity contribution is -0.139. The Morgan fingerprint density at radius 1 is 1.42 bits per heavy atom. The smallest absolute Gasteiger partial charge is 0.305 e. The van der Waals surface area contributed by atoms with Crippen molar-refractivity contribution < 1.29 is 14.6 Å². The van der Waals surface area contributed by atoms with Gasteiger partial charge in [0.2, 0.25) is 0 Å². The summed E-state index contributed by atoms with van der Waals surface area (Å²) < 4.78 is 5.97. The van der Waals surface area contributed by atoms with Gasteiger partial charge in [-0.15, -0.1) is 0 Å². The molecule has 4 heteroatoms. The predicted octanol–water partition coefficient (Wildman–Crippen LogP) is 2.53. The second-order valence-corrected chi connectivity index (χ2v) is 5.72. The molecule has 0 bridgehead atoms. The molecule has 4 nitrogen and oxygen atoms in total. The van der Waals surface area contributed by atoms with E-state index in [-0.39, 0.29) is 12.0 Å². The van der Waals surface area contributed by atoms with E-state index >= 15 is 0 Å². The minimum absolute atomic E-state index is 0.0602. The highest BCUT2D eigenvalue weighted by molar-refractivity contribution is 5.69. The van der Waals surface area contributed by atoms with E-state index in [2.05, 4.69) is 5.32 Å². The normalized spacial score (nSPS) is 24.4. The third kappa shape index (κ3) is 2.73. The molecule has 1 heterocycles. The van der Waals surface area contributed by atoms with Crippen molar-refractivity contribution in [3.63, 3.8) is 0 Å². The molecule has 0 amide bonds. The van der Waals surface area contributed by atoms with E-state index in [9.17, 15) is 9.90 Å². The van der Waals surface area contributed by atoms with Gasteiger partial charge in [-0.25, -0.2) is 0 Å². The second kappa shape index (κ2) is 4.85. The molecular formula is C15H21NO3. The van der Waals surface area contributed by atoms with Gasteiger partial charge in [0.1, 0.15) is 11.4 Å². The fourth-order valence-corrected chi connectivity index (χ4v) is 3.08. The van der Waals surface area contributed by atoms with Crippen molar-refractivity contribution in [2.45, 2.75) is 44.8 Å². The highest BCUT2D eigenvalue weighted by Crippen LogP contribution is 2.45. The molecule has 2 N–H and O–H groups in total. The number of carboxylic acids is 1. The van der Waals surface area contributed by atoms with Crippen LogP contribution in [0.1, 0.15) is 39.2 Å². The van der Waals surface area contributed by atoms with Crippen LogP contribution < -0.4 is 10.1 Å². The Hall–Kier alpha value is -1.55. The standard InChI is InChI=1S/C15H21NO3/c1-4-16-15(9-13(17)18)10-14(2,3)19-12-8-6-5-7-11(12)15/h5-8,16H,4,9-10H2,1-3H3,(H,17,18). The molecule has 0 saturated carbocycles. The van der Waals surface area contributed by atoms with E-state index in [1.54, 1.807) is 0 Å². The Morgan fingerprint density at radius 3 is 2.74 bits per heavy atom. The van der Waals surface area contributed by atoms with Gasteiger partial charge >= 0.3 is 5.97 Å². The van der Waals surface area contributed by atoms with Gasteiger partial charge in [0.25, 0.3) is 0 Å². The summed E-state index contributed by atoms with van der Waals surface area (Å²) in [6.07, 6.45) is 0.696. The zero-order valence-corrected chi connectivity index (χ0v) is 11.7. The molecule has 0 radical (unpaired) electrons. The fourth-order valence-electron chi connectivity index (χ4n) is 3.08. The van der Waals surface area contributed by atoms with E-state index < -0.39 is 11.5 Å². The van der Waals surface area contributed by atoms with Crippen LogP contribution in [0.3, 0.4) is 0 Å². The van der Waals surface area contributed by atoms with Crippen LogP contribution in [-0.4, -0.2) is 23.2 Å². The third-order valence-electron chi connectivity index (χ3n) is 3.48. The largest absolute Gasteiger partial charge is 0.487 e. The maximum atomic E-state index is 11.3. The number of carboxylic acid groups (broad SMARTS) is 1. The maximum absolute atomic E-state index is 11.3. The molecule has 0 saturated heterocycles. The van der Waals surface area contributed by atoms with Crippen LogP contribution in [0, 0.1) is 0 Å². The van der Waals surface area contributed by atoms with Gasteiger partial charge in [-0.3, -0.25) is 4.79 Å². The van der Waals surface area contributed by atoms with E-state index in [0.717, 1.165) is 17.9 Å². The molecule has 2 rings (SSSR count). The lowest BCUT2D eigenvalue weighted by atomic mass is 9.75. The number of para-hydroxylation sites is 1. The van der Waals surface area contributed by atoms with Gasteiger partial charge in [-0.1, -0.05) is 25.1 Å². The summed E-state index contributed by atoms with van der Waals surface area (Å²) >= 11 is 0. The summed E-state index contributed by atoms with van der Waals surface area (Å²) in [5.74, 6) is -0.0191. The Bertz CT molecular complexity index is 484. The number of ether oxygens (including phenoxy) is 1. The first-order chi connectivity index (χ1) is 8.88. The van der Waals surface area contributed by atoms with Crippen molar-refractivity contribution in [2.24, 2.45) is 0 Å². The van der Waals surface area contributed by atoms with Gasteiger partial charge in [-0.2, -0.15) is 0 Å². The van der Waals surface area contributed by atoms with Crippen LogP contribution in [0.15, 0.2) is 24.3 Å². The highest BCUT2D eigenvalue weighted by Gasteiger charge is 2.45. The average molecular weight is 263 g/mol. The average Bonchev–Trinajstić information content (AvgIpc) is 2.26. The molecule has 19 heavy (non-hydrogen) atoms. The first-order valence-electron chi connectivity index (χ1n) is 6.64. The summed E-state index contributed by atoms with van der Waals surface area (Å²) in [6, 6.07) is 7.70. The molecule has 1 aliphatic rings. The topological polar surface area (TPSA) is 58.6 Å². The first-order valence-corrected chi connectivity index (χ1v) is 6.64. The van der Waals surface area contributed by atoms with Crippen LogP contribution in [0.4, 0.5) is 0 Å². The second-order valence-electron chi connectivity index (χ2n) is 5.72. The van der Waals surface area contributed by atoms with Gasteiger partial charge in [0.15, 0.2) is 0 Å². The molecule has 1 aromatic carbocycles. The molecule has 0 aliphatic carbocycles. The van der Waals surface area contributed by atoms with E-state index in [1.165, 1.54) is 0 Å². The monoisotopic (exact) mass is 263 g/mol. The van der Waals surface area contributed by atoms with Crippen LogP contribution >= 0.6 is 0 Å². The Balaban J connectivity index is 2.54. The number of aliphatic carboxylic acids is 1. The zero-order chi connectivity index (χ0) is 14.1. The van der Waals surface area contributed by atoms with E-state index in [1.807, 2.05) is 45.0 Å². The molecule has 0 fully saturated rings. The Labute approximate surface area is 113 Å². The number of nitrogens with one attached hydrogen (secondary N) is 1. The Kier molecular flexibility index (Phi) is 3.54. The molecule has 1 unspecified atom stereocenters. The SMILES string of the molecule is CCNC1(CC(=O)O)CC(C)(C)Oc2ccccc21. The zero-order valence-electron chi connectivity index (χ0n) is 11.7. The van der Waals surface area contributed by atoms with Crippen LogP contribution in [-0.2, 0) is 10.3 Å². The molecule has 1 aromatic rings. The van der Waals surface area contributed by atoms with Crippen molar-refractivity contribution in [1.82, 2.24) is 5.32 Å². The van der Waals surface area contributed by atoms with Gasteiger partial charge < -0.3 is 15.2 Å². The van der Waals surface area contributed by atoms with Gasteiger partial charge in [0, 0.05) is 12.0 Å². The van der Waals surface area contributed by atoms with Crippen molar-refractivity contribution in [3.8, 4) is 5.75 Å². The van der Waals surface area contributed by atoms with Crippen molar-refractivity contribution in [3.05, 3.63) is 29.8 Å². The minimum Gasteiger partial charge on any atom is -0.487 e. The molecule has 104 valence electrons. The summed E-state index contributed by atoms with van der Waals surface area (Å²) in [5, 5.41) is 12.7. The lowest BCUT2D eigenvalue weighted by Crippen LogP contribution is -2.53. The van der Waals surface area contributed by atoms with Crippen LogP contribution in [0.2, 0.25) is 0 Å². The molecule has 0 aromatic heterocycles. The number of hydrogen-bond donors (Lipinski definition) is 2. The van der Waals surface area contributed by atoms with Crippen molar-refractivity contribution >= 4 is 5.97 Å². The molecule has 1 atom stereocenters. The quantitative estimate of drug-likeness (QED) is 0.876. The van der Waals surface area contributed by atoms with Crippen LogP contribution in [0.5, 0.6) is 5.75 Å². The predicted molar refractivity (Wildman–Crippen MR) is 73.4 cm³/mol. The van der Waals surface area contributed by atoms with E-state index in [4.69, 9.17) is 4.74 Å². The Morgan fingerprint density at radius 2 is 2.11 bits per heavy atom. The van der Waals surface area contributed by atoms with Crippen molar-refractivity contribution in [1.29, 1.82) is 0 Å². The number of benzene rings is 1. The summed E-state index contributed by atoms with van der Waals surface area (Å²) in [4.78, 5) is 11.3. The first kappa shape index (κ1) is 13.9. The van der Waals surface area contributed by atoms with Gasteiger partial charge in [-0.05, 0) is 26.5 Å². The number of fused-ring (bicyclic) bond motifs is 1. The molecule has 0 spiro atoms. The lowest BCUT2D eigenvalue weighted by Gasteiger charge is -2.46. The molecule has 1 aliphatic heterocycles. The number of carbonyl (C=O) groups is 1. The van der Waals surface area contributed by atoms with Gasteiger partial charge in [0.05, 0.1) is 12.0 Å².